The standard InChI is InChI=1S/C10H15BrN2O2S/c1-13(16-15-12-7-4-8-14)10-6-3-2-5-9(10)11/h2-3,5-6,12,14H,4,7-8H2,1H3. The molecule has 0 spiro atoms. The monoisotopic (exact) mass is 306 g/mol. The van der Waals surface area contributed by atoms with Crippen LogP contribution >= 0.6 is 28.2 Å². The molecule has 16 heavy (non-hydrogen) atoms. The molecule has 1 aromatic carbocycles. The average molecular weight is 307 g/mol. The maximum atomic E-state index is 8.57. The molecule has 1 rings (SSSR count). The van der Waals surface area contributed by atoms with Gasteiger partial charge >= 0.3 is 0 Å². The van der Waals surface area contributed by atoms with Crippen LogP contribution < -0.4 is 9.79 Å². The van der Waals surface area contributed by atoms with E-state index >= 15 is 0 Å². The first-order chi connectivity index (χ1) is 7.75. The number of anilines is 1. The van der Waals surface area contributed by atoms with E-state index in [-0.39, 0.29) is 6.61 Å². The summed E-state index contributed by atoms with van der Waals surface area (Å²) in [5.41, 5.74) is 3.79. The largest absolute Gasteiger partial charge is 0.396 e. The van der Waals surface area contributed by atoms with Crippen LogP contribution in [0.5, 0.6) is 0 Å². The highest BCUT2D eigenvalue weighted by Crippen LogP contribution is 2.28. The van der Waals surface area contributed by atoms with Gasteiger partial charge in [0.15, 0.2) is 0 Å². The summed E-state index contributed by atoms with van der Waals surface area (Å²) in [6, 6.07) is 7.91. The minimum absolute atomic E-state index is 0.168. The topological polar surface area (TPSA) is 44.7 Å². The lowest BCUT2D eigenvalue weighted by Gasteiger charge is -2.17. The Kier molecular flexibility index (Phi) is 6.82. The molecule has 0 bridgehead atoms. The van der Waals surface area contributed by atoms with E-state index in [4.69, 9.17) is 9.39 Å². The van der Waals surface area contributed by atoms with Gasteiger partial charge in [-0.25, -0.2) is 4.28 Å². The van der Waals surface area contributed by atoms with Crippen LogP contribution in [0.15, 0.2) is 28.7 Å². The van der Waals surface area contributed by atoms with Crippen LogP contribution in [-0.4, -0.2) is 25.3 Å². The number of rotatable bonds is 7. The van der Waals surface area contributed by atoms with Crippen LogP contribution in [0, 0.1) is 0 Å². The third kappa shape index (κ3) is 4.71. The van der Waals surface area contributed by atoms with Crippen molar-refractivity contribution < 1.29 is 9.39 Å². The van der Waals surface area contributed by atoms with Crippen molar-refractivity contribution in [3.8, 4) is 0 Å². The SMILES string of the molecule is CN(SONCCCO)c1ccccc1Br. The molecule has 0 aromatic heterocycles. The Balaban J connectivity index is 2.30. The fraction of sp³-hybridized carbons (Fsp3) is 0.400. The molecule has 0 saturated carbocycles. The van der Waals surface area contributed by atoms with Crippen LogP contribution in [0.2, 0.25) is 0 Å². The Labute approximate surface area is 108 Å². The predicted molar refractivity (Wildman–Crippen MR) is 70.9 cm³/mol. The second kappa shape index (κ2) is 7.92. The lowest BCUT2D eigenvalue weighted by Crippen LogP contribution is -2.17. The Morgan fingerprint density at radius 2 is 2.25 bits per heavy atom. The number of aliphatic hydroxyl groups excluding tert-OH is 1. The van der Waals surface area contributed by atoms with Gasteiger partial charge in [-0.15, -0.1) is 0 Å². The van der Waals surface area contributed by atoms with Gasteiger partial charge in [-0.2, -0.15) is 5.48 Å². The smallest absolute Gasteiger partial charge is 0.135 e. The van der Waals surface area contributed by atoms with Gasteiger partial charge in [-0.3, -0.25) is 4.31 Å². The maximum absolute atomic E-state index is 8.57. The van der Waals surface area contributed by atoms with E-state index in [2.05, 4.69) is 21.4 Å². The Bertz CT molecular complexity index is 315. The van der Waals surface area contributed by atoms with Gasteiger partial charge in [-0.05, 0) is 34.5 Å². The minimum atomic E-state index is 0.168. The second-order valence-corrected chi connectivity index (χ2v) is 4.80. The molecule has 90 valence electrons. The van der Waals surface area contributed by atoms with Crippen molar-refractivity contribution in [1.29, 1.82) is 0 Å². The van der Waals surface area contributed by atoms with Crippen molar-refractivity contribution >= 4 is 33.8 Å². The fourth-order valence-electron chi connectivity index (χ4n) is 1.02. The highest BCUT2D eigenvalue weighted by atomic mass is 79.9. The van der Waals surface area contributed by atoms with Crippen molar-refractivity contribution in [2.75, 3.05) is 24.5 Å². The summed E-state index contributed by atoms with van der Waals surface area (Å²) in [4.78, 5) is 0. The second-order valence-electron chi connectivity index (χ2n) is 3.08. The molecule has 0 fully saturated rings. The Morgan fingerprint density at radius 1 is 1.50 bits per heavy atom. The molecular formula is C10H15BrN2O2S. The maximum Gasteiger partial charge on any atom is 0.135 e. The predicted octanol–water partition coefficient (Wildman–Crippen LogP) is 2.35. The fourth-order valence-corrected chi connectivity index (χ4v) is 2.18. The summed E-state index contributed by atoms with van der Waals surface area (Å²) >= 11 is 4.67. The molecule has 2 N–H and O–H groups in total. The number of hydrogen-bond acceptors (Lipinski definition) is 5. The molecular weight excluding hydrogens is 292 g/mol. The van der Waals surface area contributed by atoms with Gasteiger partial charge in [-0.1, -0.05) is 12.1 Å². The number of nitrogens with zero attached hydrogens (tertiary/aromatic N) is 1. The first-order valence-electron chi connectivity index (χ1n) is 4.91. The molecule has 0 aliphatic heterocycles. The number of hydroxylamine groups is 1. The third-order valence-electron chi connectivity index (χ3n) is 1.84. The van der Waals surface area contributed by atoms with E-state index in [9.17, 15) is 0 Å². The molecule has 0 saturated heterocycles. The Hall–Kier alpha value is -0.270. The van der Waals surface area contributed by atoms with E-state index in [1.165, 1.54) is 12.2 Å². The van der Waals surface area contributed by atoms with Crippen LogP contribution in [0.1, 0.15) is 6.42 Å². The van der Waals surface area contributed by atoms with E-state index in [1.807, 2.05) is 35.6 Å². The van der Waals surface area contributed by atoms with Crippen molar-refractivity contribution in [2.24, 2.45) is 0 Å². The number of benzene rings is 1. The molecule has 0 amide bonds. The van der Waals surface area contributed by atoms with Crippen molar-refractivity contribution in [2.45, 2.75) is 6.42 Å². The lowest BCUT2D eigenvalue weighted by molar-refractivity contribution is 0.212. The highest BCUT2D eigenvalue weighted by Gasteiger charge is 2.05. The van der Waals surface area contributed by atoms with Crippen molar-refractivity contribution in [1.82, 2.24) is 5.48 Å². The molecule has 6 heteroatoms. The zero-order valence-corrected chi connectivity index (χ0v) is 11.4. The van der Waals surface area contributed by atoms with Crippen molar-refractivity contribution in [3.05, 3.63) is 28.7 Å². The van der Waals surface area contributed by atoms with Crippen molar-refractivity contribution in [3.63, 3.8) is 0 Å². The molecule has 0 aliphatic rings. The molecule has 0 aliphatic carbocycles. The van der Waals surface area contributed by atoms with Crippen LogP contribution in [0.25, 0.3) is 0 Å². The molecule has 0 atom stereocenters. The lowest BCUT2D eigenvalue weighted by atomic mass is 10.3. The van der Waals surface area contributed by atoms with E-state index in [1.54, 1.807) is 0 Å². The number of halogens is 1. The Morgan fingerprint density at radius 3 is 2.94 bits per heavy atom. The molecule has 4 nitrogen and oxygen atoms in total. The summed E-state index contributed by atoms with van der Waals surface area (Å²) in [6.07, 6.45) is 0.680. The molecule has 0 radical (unpaired) electrons. The van der Waals surface area contributed by atoms with Gasteiger partial charge < -0.3 is 5.11 Å². The molecule has 1 aromatic rings. The van der Waals surface area contributed by atoms with Gasteiger partial charge in [0, 0.05) is 24.7 Å². The normalized spacial score (nSPS) is 10.4. The number of hydrogen-bond donors (Lipinski definition) is 2. The van der Waals surface area contributed by atoms with E-state index < -0.39 is 0 Å². The summed E-state index contributed by atoms with van der Waals surface area (Å²) in [7, 11) is 1.92. The summed E-state index contributed by atoms with van der Waals surface area (Å²) in [5, 5.41) is 8.57. The van der Waals surface area contributed by atoms with Gasteiger partial charge in [0.1, 0.15) is 12.2 Å². The summed E-state index contributed by atoms with van der Waals surface area (Å²) in [6.45, 7) is 0.800. The number of para-hydroxylation sites is 1. The summed E-state index contributed by atoms with van der Waals surface area (Å²) in [5.74, 6) is 0. The van der Waals surface area contributed by atoms with Gasteiger partial charge in [0.05, 0.1) is 5.69 Å². The molecule has 0 heterocycles. The van der Waals surface area contributed by atoms with Gasteiger partial charge in [0.2, 0.25) is 0 Å². The van der Waals surface area contributed by atoms with Crippen LogP contribution in [0.3, 0.4) is 0 Å². The zero-order chi connectivity index (χ0) is 11.8. The third-order valence-corrected chi connectivity index (χ3v) is 3.12. The van der Waals surface area contributed by atoms with Gasteiger partial charge in [0.25, 0.3) is 0 Å². The van der Waals surface area contributed by atoms with E-state index in [0.29, 0.717) is 13.0 Å². The zero-order valence-electron chi connectivity index (χ0n) is 9.02. The molecule has 0 unspecified atom stereocenters. The number of nitrogens with one attached hydrogen (secondary N) is 1. The quantitative estimate of drug-likeness (QED) is 0.350. The average Bonchev–Trinajstić information content (AvgIpc) is 2.29. The number of aliphatic hydroxyl groups is 1. The minimum Gasteiger partial charge on any atom is -0.396 e. The van der Waals surface area contributed by atoms with Crippen LogP contribution in [0.4, 0.5) is 5.69 Å². The first kappa shape index (κ1) is 13.8. The van der Waals surface area contributed by atoms with E-state index in [0.717, 1.165) is 10.2 Å². The van der Waals surface area contributed by atoms with Crippen LogP contribution in [-0.2, 0) is 4.28 Å². The summed E-state index contributed by atoms with van der Waals surface area (Å²) < 4.78 is 8.08. The highest BCUT2D eigenvalue weighted by molar-refractivity contribution is 9.10. The first-order valence-corrected chi connectivity index (χ1v) is 6.40.